The summed E-state index contributed by atoms with van der Waals surface area (Å²) in [5.41, 5.74) is -1.19. The maximum atomic E-state index is 11.7. The van der Waals surface area contributed by atoms with Crippen LogP contribution in [-0.4, -0.2) is 22.6 Å². The van der Waals surface area contributed by atoms with Crippen molar-refractivity contribution in [2.24, 2.45) is 5.92 Å². The van der Waals surface area contributed by atoms with E-state index in [2.05, 4.69) is 10.6 Å². The molecular weight excluding hydrogens is 236 g/mol. The Hall–Kier alpha value is -1.98. The Morgan fingerprint density at radius 3 is 2.78 bits per heavy atom. The number of carboxylic acid groups (broad SMARTS) is 1. The monoisotopic (exact) mass is 252 g/mol. The summed E-state index contributed by atoms with van der Waals surface area (Å²) in [4.78, 5) is 22.9. The van der Waals surface area contributed by atoms with Crippen molar-refractivity contribution in [2.45, 2.75) is 31.8 Å². The van der Waals surface area contributed by atoms with E-state index in [0.29, 0.717) is 5.76 Å². The first-order valence-electron chi connectivity index (χ1n) is 5.84. The van der Waals surface area contributed by atoms with Gasteiger partial charge in [0, 0.05) is 0 Å². The fourth-order valence-electron chi connectivity index (χ4n) is 1.85. The van der Waals surface area contributed by atoms with Crippen molar-refractivity contribution in [3.8, 4) is 0 Å². The number of hydrogen-bond donors (Lipinski definition) is 3. The number of amides is 2. The number of aliphatic carboxylic acids is 1. The average molecular weight is 252 g/mol. The van der Waals surface area contributed by atoms with Crippen LogP contribution >= 0.6 is 0 Å². The summed E-state index contributed by atoms with van der Waals surface area (Å²) in [7, 11) is 0. The summed E-state index contributed by atoms with van der Waals surface area (Å²) in [5, 5.41) is 14.3. The van der Waals surface area contributed by atoms with E-state index in [0.717, 1.165) is 12.8 Å². The first-order valence-corrected chi connectivity index (χ1v) is 5.84. The molecule has 6 heteroatoms. The maximum absolute atomic E-state index is 11.7. The van der Waals surface area contributed by atoms with E-state index in [1.54, 1.807) is 19.1 Å². The highest BCUT2D eigenvalue weighted by atomic mass is 16.4. The van der Waals surface area contributed by atoms with Crippen molar-refractivity contribution < 1.29 is 19.1 Å². The first kappa shape index (κ1) is 12.5. The Labute approximate surface area is 104 Å². The molecule has 1 unspecified atom stereocenters. The van der Waals surface area contributed by atoms with Gasteiger partial charge in [-0.25, -0.2) is 9.59 Å². The molecule has 6 nitrogen and oxygen atoms in total. The van der Waals surface area contributed by atoms with Crippen molar-refractivity contribution in [3.63, 3.8) is 0 Å². The molecule has 0 spiro atoms. The van der Waals surface area contributed by atoms with E-state index in [-0.39, 0.29) is 12.5 Å². The van der Waals surface area contributed by atoms with Crippen LogP contribution in [0.25, 0.3) is 0 Å². The molecule has 1 aromatic heterocycles. The van der Waals surface area contributed by atoms with Gasteiger partial charge in [-0.3, -0.25) is 0 Å². The van der Waals surface area contributed by atoms with Crippen molar-refractivity contribution in [2.75, 3.05) is 0 Å². The first-order chi connectivity index (χ1) is 8.52. The molecular formula is C12H16N2O4. The molecule has 3 N–H and O–H groups in total. The van der Waals surface area contributed by atoms with Crippen LogP contribution in [0.2, 0.25) is 0 Å². The zero-order chi connectivity index (χ0) is 13.2. The lowest BCUT2D eigenvalue weighted by Gasteiger charge is -2.26. The van der Waals surface area contributed by atoms with E-state index in [1.807, 2.05) is 0 Å². The van der Waals surface area contributed by atoms with E-state index in [9.17, 15) is 14.7 Å². The van der Waals surface area contributed by atoms with Gasteiger partial charge >= 0.3 is 12.0 Å². The minimum atomic E-state index is -1.19. The lowest BCUT2D eigenvalue weighted by Crippen LogP contribution is -2.56. The molecule has 18 heavy (non-hydrogen) atoms. The van der Waals surface area contributed by atoms with E-state index in [4.69, 9.17) is 4.42 Å². The number of hydrogen-bond acceptors (Lipinski definition) is 3. The highest BCUT2D eigenvalue weighted by Crippen LogP contribution is 2.39. The zero-order valence-corrected chi connectivity index (χ0v) is 10.1. The average Bonchev–Trinajstić information content (AvgIpc) is 3.04. The van der Waals surface area contributed by atoms with Crippen LogP contribution in [0.1, 0.15) is 25.5 Å². The maximum Gasteiger partial charge on any atom is 0.329 e. The number of furan rings is 1. The Balaban J connectivity index is 1.87. The minimum absolute atomic E-state index is 0.0179. The van der Waals surface area contributed by atoms with Crippen molar-refractivity contribution in [3.05, 3.63) is 24.2 Å². The topological polar surface area (TPSA) is 91.6 Å². The number of urea groups is 1. The van der Waals surface area contributed by atoms with Crippen LogP contribution in [0.3, 0.4) is 0 Å². The van der Waals surface area contributed by atoms with Gasteiger partial charge in [0.2, 0.25) is 0 Å². The molecule has 1 saturated carbocycles. The fourth-order valence-corrected chi connectivity index (χ4v) is 1.85. The molecule has 2 rings (SSSR count). The molecule has 98 valence electrons. The van der Waals surface area contributed by atoms with Crippen molar-refractivity contribution >= 4 is 12.0 Å². The molecule has 0 aliphatic heterocycles. The van der Waals surface area contributed by atoms with Gasteiger partial charge in [-0.05, 0) is 37.8 Å². The van der Waals surface area contributed by atoms with Gasteiger partial charge in [0.15, 0.2) is 0 Å². The van der Waals surface area contributed by atoms with Crippen LogP contribution in [0.15, 0.2) is 22.8 Å². The summed E-state index contributed by atoms with van der Waals surface area (Å²) in [6, 6.07) is 2.96. The summed E-state index contributed by atoms with van der Waals surface area (Å²) < 4.78 is 5.06. The third-order valence-electron chi connectivity index (χ3n) is 3.21. The molecule has 0 saturated heterocycles. The van der Waals surface area contributed by atoms with E-state index < -0.39 is 17.5 Å². The molecule has 1 aromatic rings. The Morgan fingerprint density at radius 2 is 2.28 bits per heavy atom. The van der Waals surface area contributed by atoms with Crippen LogP contribution in [0.5, 0.6) is 0 Å². The molecule has 0 bridgehead atoms. The van der Waals surface area contributed by atoms with Gasteiger partial charge in [0.05, 0.1) is 12.8 Å². The molecule has 0 radical (unpaired) electrons. The third-order valence-corrected chi connectivity index (χ3v) is 3.21. The third kappa shape index (κ3) is 2.64. The predicted molar refractivity (Wildman–Crippen MR) is 62.8 cm³/mol. The van der Waals surface area contributed by atoms with Gasteiger partial charge in [0.1, 0.15) is 11.3 Å². The van der Waals surface area contributed by atoms with Gasteiger partial charge < -0.3 is 20.2 Å². The smallest absolute Gasteiger partial charge is 0.329 e. The second-order valence-corrected chi connectivity index (χ2v) is 4.67. The molecule has 1 atom stereocenters. The molecule has 0 aromatic carbocycles. The Kier molecular flexibility index (Phi) is 3.27. The molecule has 1 aliphatic carbocycles. The number of carbonyl (C=O) groups excluding carboxylic acids is 1. The second kappa shape index (κ2) is 4.72. The summed E-state index contributed by atoms with van der Waals surface area (Å²) in [5.74, 6) is -0.365. The largest absolute Gasteiger partial charge is 0.480 e. The number of carbonyl (C=O) groups is 2. The quantitative estimate of drug-likeness (QED) is 0.737. The van der Waals surface area contributed by atoms with Gasteiger partial charge in [0.25, 0.3) is 0 Å². The Bertz CT molecular complexity index is 439. The molecule has 1 heterocycles. The van der Waals surface area contributed by atoms with E-state index in [1.165, 1.54) is 6.26 Å². The van der Waals surface area contributed by atoms with Gasteiger partial charge in [-0.15, -0.1) is 0 Å². The van der Waals surface area contributed by atoms with Crippen LogP contribution < -0.4 is 10.6 Å². The zero-order valence-electron chi connectivity index (χ0n) is 10.1. The second-order valence-electron chi connectivity index (χ2n) is 4.67. The number of nitrogens with one attached hydrogen (secondary N) is 2. The summed E-state index contributed by atoms with van der Waals surface area (Å²) in [6.07, 6.45) is 3.18. The van der Waals surface area contributed by atoms with Gasteiger partial charge in [-0.1, -0.05) is 0 Å². The summed E-state index contributed by atoms with van der Waals surface area (Å²) >= 11 is 0. The Morgan fingerprint density at radius 1 is 1.56 bits per heavy atom. The van der Waals surface area contributed by atoms with Crippen LogP contribution in [0, 0.1) is 5.92 Å². The number of rotatable bonds is 5. The highest BCUT2D eigenvalue weighted by Gasteiger charge is 2.48. The highest BCUT2D eigenvalue weighted by molar-refractivity contribution is 5.86. The molecule has 2 amide bonds. The minimum Gasteiger partial charge on any atom is -0.480 e. The predicted octanol–water partition coefficient (Wildman–Crippen LogP) is 1.33. The number of carboxylic acids is 1. The molecule has 1 fully saturated rings. The van der Waals surface area contributed by atoms with Crippen LogP contribution in [0.4, 0.5) is 4.79 Å². The summed E-state index contributed by atoms with van der Waals surface area (Å²) in [6.45, 7) is 1.78. The lowest BCUT2D eigenvalue weighted by molar-refractivity contribution is -0.144. The van der Waals surface area contributed by atoms with Crippen molar-refractivity contribution in [1.29, 1.82) is 0 Å². The van der Waals surface area contributed by atoms with Crippen molar-refractivity contribution in [1.82, 2.24) is 10.6 Å². The van der Waals surface area contributed by atoms with Crippen LogP contribution in [-0.2, 0) is 11.3 Å². The standard InChI is InChI=1S/C12H16N2O4/c1-12(10(15)16,8-4-5-8)14-11(17)13-7-9-3-2-6-18-9/h2-3,6,8H,4-5,7H2,1H3,(H,15,16)(H2,13,14,17). The normalized spacial score (nSPS) is 17.8. The lowest BCUT2D eigenvalue weighted by atomic mass is 9.96. The fraction of sp³-hybridized carbons (Fsp3) is 0.500. The molecule has 1 aliphatic rings. The SMILES string of the molecule is CC(NC(=O)NCc1ccco1)(C(=O)O)C1CC1. The van der Waals surface area contributed by atoms with E-state index >= 15 is 0 Å². The van der Waals surface area contributed by atoms with Gasteiger partial charge in [-0.2, -0.15) is 0 Å².